The number of H-pyrrole nitrogens is 1. The summed E-state index contributed by atoms with van der Waals surface area (Å²) in [5, 5.41) is 14.2. The number of halogens is 2. The Kier molecular flexibility index (Phi) is 6.39. The van der Waals surface area contributed by atoms with Crippen molar-refractivity contribution < 1.29 is 0 Å². The van der Waals surface area contributed by atoms with E-state index in [0.717, 1.165) is 52.3 Å². The molecule has 0 aliphatic rings. The third-order valence-corrected chi connectivity index (χ3v) is 6.11. The molecule has 3 aromatic carbocycles. The van der Waals surface area contributed by atoms with Crippen molar-refractivity contribution in [1.29, 1.82) is 0 Å². The van der Waals surface area contributed by atoms with Crippen LogP contribution in [-0.2, 0) is 19.5 Å². The highest BCUT2D eigenvalue weighted by molar-refractivity contribution is 6.35. The molecule has 0 aliphatic heterocycles. The number of aromatic amines is 1. The van der Waals surface area contributed by atoms with Gasteiger partial charge in [0, 0.05) is 40.7 Å². The molecule has 166 valence electrons. The van der Waals surface area contributed by atoms with E-state index in [2.05, 4.69) is 15.3 Å². The van der Waals surface area contributed by atoms with E-state index in [1.165, 1.54) is 0 Å². The van der Waals surface area contributed by atoms with Gasteiger partial charge in [0.1, 0.15) is 17.2 Å². The van der Waals surface area contributed by atoms with Crippen LogP contribution < -0.4 is 5.32 Å². The second-order valence-electron chi connectivity index (χ2n) is 7.72. The van der Waals surface area contributed by atoms with Crippen LogP contribution in [-0.4, -0.2) is 31.5 Å². The van der Waals surface area contributed by atoms with E-state index in [1.54, 1.807) is 4.80 Å². The van der Waals surface area contributed by atoms with Crippen molar-refractivity contribution in [3.8, 4) is 11.3 Å². The van der Waals surface area contributed by atoms with Crippen molar-refractivity contribution in [1.82, 2.24) is 30.3 Å². The van der Waals surface area contributed by atoms with Crippen molar-refractivity contribution in [3.63, 3.8) is 0 Å². The molecule has 2 heterocycles. The summed E-state index contributed by atoms with van der Waals surface area (Å²) in [7, 11) is 0. The molecule has 8 heteroatoms. The first-order valence-electron chi connectivity index (χ1n) is 10.7. The molecule has 5 rings (SSSR count). The lowest BCUT2D eigenvalue weighted by molar-refractivity contribution is 0.576. The van der Waals surface area contributed by atoms with Gasteiger partial charge in [0.05, 0.1) is 17.6 Å². The molecule has 0 spiro atoms. The highest BCUT2D eigenvalue weighted by Gasteiger charge is 2.15. The summed E-state index contributed by atoms with van der Waals surface area (Å²) in [6.45, 7) is 1.75. The lowest BCUT2D eigenvalue weighted by Gasteiger charge is -2.05. The minimum atomic E-state index is 0.400. The molecule has 0 unspecified atom stereocenters. The predicted octanol–water partition coefficient (Wildman–Crippen LogP) is 5.51. The van der Waals surface area contributed by atoms with E-state index in [0.29, 0.717) is 23.1 Å². The van der Waals surface area contributed by atoms with Gasteiger partial charge in [-0.15, -0.1) is 0 Å². The van der Waals surface area contributed by atoms with Crippen molar-refractivity contribution in [2.24, 2.45) is 0 Å². The number of imidazole rings is 1. The van der Waals surface area contributed by atoms with E-state index in [4.69, 9.17) is 33.4 Å². The predicted molar refractivity (Wildman–Crippen MR) is 133 cm³/mol. The summed E-state index contributed by atoms with van der Waals surface area (Å²) in [6.07, 6.45) is 0.790. The maximum atomic E-state index is 6.36. The summed E-state index contributed by atoms with van der Waals surface area (Å²) < 4.78 is 0. The Morgan fingerprint density at radius 3 is 2.39 bits per heavy atom. The van der Waals surface area contributed by atoms with Gasteiger partial charge in [-0.25, -0.2) is 4.98 Å². The molecule has 0 amide bonds. The van der Waals surface area contributed by atoms with Gasteiger partial charge < -0.3 is 10.3 Å². The maximum absolute atomic E-state index is 6.36. The number of nitrogens with one attached hydrogen (secondary N) is 2. The largest absolute Gasteiger partial charge is 0.342 e. The Labute approximate surface area is 201 Å². The van der Waals surface area contributed by atoms with Gasteiger partial charge in [-0.2, -0.15) is 15.0 Å². The normalized spacial score (nSPS) is 11.3. The first-order valence-corrected chi connectivity index (χ1v) is 11.5. The Bertz CT molecular complexity index is 1320. The molecule has 33 heavy (non-hydrogen) atoms. The molecule has 0 saturated heterocycles. The number of benzene rings is 3. The average Bonchev–Trinajstić information content (AvgIpc) is 3.43. The Morgan fingerprint density at radius 2 is 1.61 bits per heavy atom. The third-order valence-electron chi connectivity index (χ3n) is 5.40. The molecule has 0 aliphatic carbocycles. The average molecular weight is 477 g/mol. The van der Waals surface area contributed by atoms with E-state index in [-0.39, 0.29) is 0 Å². The lowest BCUT2D eigenvalue weighted by Crippen LogP contribution is -2.18. The van der Waals surface area contributed by atoms with Gasteiger partial charge in [-0.3, -0.25) is 0 Å². The topological polar surface area (TPSA) is 71.4 Å². The smallest absolute Gasteiger partial charge is 0.117 e. The summed E-state index contributed by atoms with van der Waals surface area (Å²) in [5.41, 5.74) is 5.58. The van der Waals surface area contributed by atoms with E-state index < -0.39 is 0 Å². The number of hydrogen-bond donors (Lipinski definition) is 2. The van der Waals surface area contributed by atoms with Gasteiger partial charge in [0.2, 0.25) is 0 Å². The van der Waals surface area contributed by atoms with Crippen LogP contribution in [0.1, 0.15) is 17.1 Å². The lowest BCUT2D eigenvalue weighted by atomic mass is 10.1. The van der Waals surface area contributed by atoms with Gasteiger partial charge in [-0.05, 0) is 24.3 Å². The molecule has 0 bridgehead atoms. The van der Waals surface area contributed by atoms with Crippen LogP contribution in [0.5, 0.6) is 0 Å². The van der Waals surface area contributed by atoms with Gasteiger partial charge in [0.25, 0.3) is 0 Å². The van der Waals surface area contributed by atoms with Gasteiger partial charge in [-0.1, -0.05) is 71.7 Å². The Morgan fingerprint density at radius 1 is 0.848 bits per heavy atom. The highest BCUT2D eigenvalue weighted by atomic mass is 35.5. The molecular weight excluding hydrogens is 455 g/mol. The number of aromatic nitrogens is 5. The van der Waals surface area contributed by atoms with Crippen LogP contribution in [0.3, 0.4) is 0 Å². The molecule has 0 fully saturated rings. The van der Waals surface area contributed by atoms with Crippen LogP contribution in [0.2, 0.25) is 10.0 Å². The summed E-state index contributed by atoms with van der Waals surface area (Å²) in [6, 6.07) is 23.6. The van der Waals surface area contributed by atoms with Crippen molar-refractivity contribution >= 4 is 34.2 Å². The molecule has 0 radical (unpaired) electrons. The number of nitrogens with zero attached hydrogens (tertiary/aromatic N) is 4. The van der Waals surface area contributed by atoms with Crippen LogP contribution in [0.15, 0.2) is 72.8 Å². The first kappa shape index (κ1) is 21.6. The SMILES string of the molecule is Clc1cccc(Cl)c1Cn1nc(CNCCc2nc3ccccc3[nH]2)c(-c2ccccc2)n1. The Balaban J connectivity index is 1.32. The molecular formula is C25H22Cl2N6. The van der Waals surface area contributed by atoms with Crippen molar-refractivity contribution in [2.45, 2.75) is 19.5 Å². The van der Waals surface area contributed by atoms with Crippen LogP contribution in [0, 0.1) is 0 Å². The quantitative estimate of drug-likeness (QED) is 0.289. The summed E-state index contributed by atoms with van der Waals surface area (Å²) in [4.78, 5) is 9.66. The number of hydrogen-bond acceptors (Lipinski definition) is 4. The molecule has 2 N–H and O–H groups in total. The van der Waals surface area contributed by atoms with Crippen LogP contribution in [0.4, 0.5) is 0 Å². The fourth-order valence-corrected chi connectivity index (χ4v) is 4.27. The fourth-order valence-electron chi connectivity index (χ4n) is 3.75. The number of rotatable bonds is 8. The zero-order valence-electron chi connectivity index (χ0n) is 17.8. The van der Waals surface area contributed by atoms with Crippen LogP contribution in [0.25, 0.3) is 22.3 Å². The minimum Gasteiger partial charge on any atom is -0.342 e. The maximum Gasteiger partial charge on any atom is 0.117 e. The molecule has 5 aromatic rings. The van der Waals surface area contributed by atoms with Crippen molar-refractivity contribution in [2.75, 3.05) is 6.54 Å². The Hall–Kier alpha value is -3.19. The zero-order valence-corrected chi connectivity index (χ0v) is 19.3. The molecule has 0 atom stereocenters. The summed E-state index contributed by atoms with van der Waals surface area (Å²) >= 11 is 12.7. The van der Waals surface area contributed by atoms with Gasteiger partial charge in [0.15, 0.2) is 0 Å². The minimum absolute atomic E-state index is 0.400. The molecule has 0 saturated carbocycles. The highest BCUT2D eigenvalue weighted by Crippen LogP contribution is 2.26. The second kappa shape index (κ2) is 9.75. The van der Waals surface area contributed by atoms with E-state index in [1.807, 2.05) is 72.8 Å². The van der Waals surface area contributed by atoms with Crippen molar-refractivity contribution in [3.05, 3.63) is 99.9 Å². The third kappa shape index (κ3) is 4.93. The molecule has 2 aromatic heterocycles. The monoisotopic (exact) mass is 476 g/mol. The standard InChI is InChI=1S/C25H22Cl2N6/c26-19-9-6-10-20(27)18(19)16-33-31-23(25(32-33)17-7-2-1-3-8-17)15-28-14-13-24-29-21-11-4-5-12-22(21)30-24/h1-12,28H,13-16H2,(H,29,30). The summed E-state index contributed by atoms with van der Waals surface area (Å²) in [5.74, 6) is 0.962. The first-order chi connectivity index (χ1) is 16.2. The van der Waals surface area contributed by atoms with Gasteiger partial charge >= 0.3 is 0 Å². The van der Waals surface area contributed by atoms with E-state index >= 15 is 0 Å². The molecule has 6 nitrogen and oxygen atoms in total. The second-order valence-corrected chi connectivity index (χ2v) is 8.53. The number of fused-ring (bicyclic) bond motifs is 1. The van der Waals surface area contributed by atoms with E-state index in [9.17, 15) is 0 Å². The zero-order chi connectivity index (χ0) is 22.6. The fraction of sp³-hybridized carbons (Fsp3) is 0.160. The van der Waals surface area contributed by atoms with Crippen LogP contribution >= 0.6 is 23.2 Å². The number of para-hydroxylation sites is 2.